The molecule has 1 atom stereocenters. The summed E-state index contributed by atoms with van der Waals surface area (Å²) in [7, 11) is 0. The summed E-state index contributed by atoms with van der Waals surface area (Å²) in [6.45, 7) is 6.27. The summed E-state index contributed by atoms with van der Waals surface area (Å²) in [6.07, 6.45) is 7.98. The van der Waals surface area contributed by atoms with Gasteiger partial charge in [0.2, 0.25) is 11.8 Å². The number of imide groups is 2. The first-order chi connectivity index (χ1) is 24.2. The van der Waals surface area contributed by atoms with E-state index in [1.54, 1.807) is 12.1 Å². The molecule has 12 nitrogen and oxygen atoms in total. The second-order valence-corrected chi connectivity index (χ2v) is 14.8. The minimum Gasteiger partial charge on any atom is -0.371 e. The second-order valence-electron chi connectivity index (χ2n) is 14.8. The van der Waals surface area contributed by atoms with Crippen LogP contribution in [0.2, 0.25) is 0 Å². The van der Waals surface area contributed by atoms with Crippen molar-refractivity contribution in [3.05, 3.63) is 64.2 Å². The minimum atomic E-state index is -0.970. The number of fused-ring (bicyclic) bond motifs is 2. The Kier molecular flexibility index (Phi) is 8.66. The molecule has 1 N–H and O–H groups in total. The summed E-state index contributed by atoms with van der Waals surface area (Å²) < 4.78 is 0. The van der Waals surface area contributed by atoms with Crippen LogP contribution in [0.4, 0.5) is 5.69 Å². The maximum Gasteiger partial charge on any atom is 0.262 e. The molecular formula is C38H44N6O6. The van der Waals surface area contributed by atoms with Gasteiger partial charge in [0.25, 0.3) is 23.6 Å². The second kappa shape index (κ2) is 13.3. The number of anilines is 1. The topological polar surface area (TPSA) is 131 Å². The van der Waals surface area contributed by atoms with Crippen LogP contribution in [0.15, 0.2) is 36.4 Å². The van der Waals surface area contributed by atoms with Crippen LogP contribution in [0.3, 0.4) is 0 Å². The molecule has 0 bridgehead atoms. The summed E-state index contributed by atoms with van der Waals surface area (Å²) in [5.74, 6) is -1.29. The van der Waals surface area contributed by atoms with Gasteiger partial charge in [0.05, 0.1) is 11.1 Å². The Morgan fingerprint density at radius 1 is 0.720 bits per heavy atom. The average Bonchev–Trinajstić information content (AvgIpc) is 3.60. The Morgan fingerprint density at radius 3 is 2.18 bits per heavy atom. The highest BCUT2D eigenvalue weighted by Crippen LogP contribution is 2.34. The molecule has 0 spiro atoms. The van der Waals surface area contributed by atoms with Crippen molar-refractivity contribution in [3.63, 3.8) is 0 Å². The highest BCUT2D eigenvalue weighted by Gasteiger charge is 2.45. The fourth-order valence-electron chi connectivity index (χ4n) is 8.87. The Labute approximate surface area is 291 Å². The molecule has 1 aliphatic carbocycles. The zero-order valence-electron chi connectivity index (χ0n) is 28.4. The predicted octanol–water partition coefficient (Wildman–Crippen LogP) is 3.05. The van der Waals surface area contributed by atoms with Crippen LogP contribution in [0.1, 0.15) is 105 Å². The molecule has 50 heavy (non-hydrogen) atoms. The Balaban J connectivity index is 0.816. The van der Waals surface area contributed by atoms with Crippen molar-refractivity contribution in [3.8, 4) is 0 Å². The SMILES string of the molecule is O=C1CCC(N2C(=O)c3ccc(N4CCC(CN5CCN(C(=O)c6ccc7c(c6)CN(C6CCCCC6)C7=O)CC5)CC4)cc3C2=O)C(=O)N1. The van der Waals surface area contributed by atoms with Crippen LogP contribution in [0, 0.1) is 5.92 Å². The normalized spacial score (nSPS) is 23.8. The van der Waals surface area contributed by atoms with Gasteiger partial charge in [-0.2, -0.15) is 0 Å². The first-order valence-corrected chi connectivity index (χ1v) is 18.3. The number of nitrogens with zero attached hydrogens (tertiary/aromatic N) is 5. The molecule has 5 aliphatic heterocycles. The summed E-state index contributed by atoms with van der Waals surface area (Å²) in [5.41, 5.74) is 3.89. The fraction of sp³-hybridized carbons (Fsp3) is 0.526. The highest BCUT2D eigenvalue weighted by atomic mass is 16.2. The molecule has 6 aliphatic rings. The van der Waals surface area contributed by atoms with Crippen LogP contribution in [-0.4, -0.2) is 113 Å². The first-order valence-electron chi connectivity index (χ1n) is 18.3. The summed E-state index contributed by atoms with van der Waals surface area (Å²) >= 11 is 0. The number of carbonyl (C=O) groups excluding carboxylic acids is 6. The molecule has 0 radical (unpaired) electrons. The maximum absolute atomic E-state index is 13.5. The average molecular weight is 681 g/mol. The molecule has 2 aromatic rings. The lowest BCUT2D eigenvalue weighted by atomic mass is 9.94. The molecule has 5 heterocycles. The van der Waals surface area contributed by atoms with Gasteiger partial charge in [-0.05, 0) is 80.0 Å². The van der Waals surface area contributed by atoms with Gasteiger partial charge < -0.3 is 14.7 Å². The molecule has 2 aromatic carbocycles. The van der Waals surface area contributed by atoms with Gasteiger partial charge in [-0.25, -0.2) is 0 Å². The van der Waals surface area contributed by atoms with Crippen LogP contribution in [0.5, 0.6) is 0 Å². The van der Waals surface area contributed by atoms with E-state index in [1.807, 2.05) is 34.1 Å². The van der Waals surface area contributed by atoms with Crippen LogP contribution >= 0.6 is 0 Å². The van der Waals surface area contributed by atoms with E-state index < -0.39 is 29.7 Å². The maximum atomic E-state index is 13.5. The van der Waals surface area contributed by atoms with Crippen molar-refractivity contribution in [2.45, 2.75) is 76.4 Å². The van der Waals surface area contributed by atoms with Gasteiger partial charge >= 0.3 is 0 Å². The van der Waals surface area contributed by atoms with E-state index >= 15 is 0 Å². The standard InChI is InChI=1S/C38H44N6O6/c45-33-11-10-32(34(46)39-33)44-37(49)30-9-7-28(21-31(30)38(44)50)41-14-12-24(13-15-41)22-40-16-18-42(19-17-40)35(47)25-6-8-29-26(20-25)23-43(36(29)48)27-4-2-1-3-5-27/h6-9,20-21,24,27,32H,1-5,10-19,22-23H2,(H,39,45,46). The van der Waals surface area contributed by atoms with Crippen LogP contribution in [-0.2, 0) is 16.1 Å². The summed E-state index contributed by atoms with van der Waals surface area (Å²) in [6, 6.07) is 10.3. The van der Waals surface area contributed by atoms with E-state index in [9.17, 15) is 28.8 Å². The van der Waals surface area contributed by atoms with Crippen LogP contribution < -0.4 is 10.2 Å². The highest BCUT2D eigenvalue weighted by molar-refractivity contribution is 6.23. The van der Waals surface area contributed by atoms with E-state index in [0.717, 1.165) is 80.1 Å². The molecule has 0 aromatic heterocycles. The monoisotopic (exact) mass is 680 g/mol. The molecule has 12 heteroatoms. The number of carbonyl (C=O) groups is 6. The number of rotatable bonds is 6. The van der Waals surface area contributed by atoms with Crippen molar-refractivity contribution in [1.82, 2.24) is 24.9 Å². The van der Waals surface area contributed by atoms with E-state index in [2.05, 4.69) is 15.1 Å². The molecular weight excluding hydrogens is 636 g/mol. The minimum absolute atomic E-state index is 0.0408. The van der Waals surface area contributed by atoms with E-state index in [-0.39, 0.29) is 24.7 Å². The zero-order valence-corrected chi connectivity index (χ0v) is 28.4. The molecule has 4 fully saturated rings. The Bertz CT molecular complexity index is 1750. The van der Waals surface area contributed by atoms with Gasteiger partial charge in [-0.1, -0.05) is 19.3 Å². The Morgan fingerprint density at radius 2 is 1.44 bits per heavy atom. The lowest BCUT2D eigenvalue weighted by molar-refractivity contribution is -0.136. The smallest absolute Gasteiger partial charge is 0.262 e. The van der Waals surface area contributed by atoms with Crippen LogP contribution in [0.25, 0.3) is 0 Å². The number of hydrogen-bond acceptors (Lipinski definition) is 8. The van der Waals surface area contributed by atoms with Gasteiger partial charge in [-0.3, -0.25) is 43.9 Å². The van der Waals surface area contributed by atoms with Gasteiger partial charge in [0, 0.05) is 81.6 Å². The van der Waals surface area contributed by atoms with E-state index in [1.165, 1.54) is 19.3 Å². The molecule has 1 unspecified atom stereocenters. The zero-order chi connectivity index (χ0) is 34.5. The van der Waals surface area contributed by atoms with E-state index in [4.69, 9.17) is 0 Å². The molecule has 262 valence electrons. The number of amides is 6. The molecule has 6 amide bonds. The third-order valence-electron chi connectivity index (χ3n) is 11.8. The van der Waals surface area contributed by atoms with Crippen molar-refractivity contribution >= 4 is 41.1 Å². The molecule has 1 saturated carbocycles. The Hall–Kier alpha value is -4.58. The lowest BCUT2D eigenvalue weighted by Crippen LogP contribution is -2.54. The third kappa shape index (κ3) is 5.97. The van der Waals surface area contributed by atoms with Gasteiger partial charge in [0.15, 0.2) is 0 Å². The molecule has 3 saturated heterocycles. The van der Waals surface area contributed by atoms with Gasteiger partial charge in [-0.15, -0.1) is 0 Å². The third-order valence-corrected chi connectivity index (χ3v) is 11.8. The fourth-order valence-corrected chi connectivity index (χ4v) is 8.87. The number of piperazine rings is 1. The molecule has 8 rings (SSSR count). The van der Waals surface area contributed by atoms with Crippen molar-refractivity contribution in [2.75, 3.05) is 50.7 Å². The predicted molar refractivity (Wildman–Crippen MR) is 184 cm³/mol. The lowest BCUT2D eigenvalue weighted by Gasteiger charge is -2.39. The van der Waals surface area contributed by atoms with Crippen molar-refractivity contribution < 1.29 is 28.8 Å². The summed E-state index contributed by atoms with van der Waals surface area (Å²) in [4.78, 5) is 86.6. The number of hydrogen-bond donors (Lipinski definition) is 1. The summed E-state index contributed by atoms with van der Waals surface area (Å²) in [5, 5.41) is 2.24. The number of benzene rings is 2. The van der Waals surface area contributed by atoms with Gasteiger partial charge in [0.1, 0.15) is 6.04 Å². The van der Waals surface area contributed by atoms with Crippen molar-refractivity contribution in [1.29, 1.82) is 0 Å². The number of piperidine rings is 2. The van der Waals surface area contributed by atoms with E-state index in [0.29, 0.717) is 48.3 Å². The van der Waals surface area contributed by atoms with Crippen molar-refractivity contribution in [2.24, 2.45) is 5.92 Å². The largest absolute Gasteiger partial charge is 0.371 e. The quantitative estimate of drug-likeness (QED) is 0.461. The number of nitrogens with one attached hydrogen (secondary N) is 1. The first kappa shape index (κ1) is 32.6.